The number of amides is 2. The highest BCUT2D eigenvalue weighted by Crippen LogP contribution is 2.08. The van der Waals surface area contributed by atoms with Crippen molar-refractivity contribution in [3.63, 3.8) is 0 Å². The summed E-state index contributed by atoms with van der Waals surface area (Å²) < 4.78 is 30.8. The second kappa shape index (κ2) is 8.21. The molecule has 1 aromatic carbocycles. The van der Waals surface area contributed by atoms with Gasteiger partial charge in [0, 0.05) is 26.3 Å². The van der Waals surface area contributed by atoms with E-state index in [4.69, 9.17) is 4.74 Å². The van der Waals surface area contributed by atoms with Crippen LogP contribution in [0.3, 0.4) is 0 Å². The second-order valence-electron chi connectivity index (χ2n) is 4.00. The minimum absolute atomic E-state index is 0.275. The summed E-state index contributed by atoms with van der Waals surface area (Å²) in [6.07, 6.45) is 0.656. The van der Waals surface area contributed by atoms with Crippen molar-refractivity contribution < 1.29 is 23.1 Å². The van der Waals surface area contributed by atoms with Crippen LogP contribution < -0.4 is 10.6 Å². The largest absolute Gasteiger partial charge is 0.385 e. The van der Waals surface area contributed by atoms with E-state index in [0.29, 0.717) is 25.6 Å². The molecule has 110 valence electrons. The van der Waals surface area contributed by atoms with Crippen molar-refractivity contribution in [3.8, 4) is 0 Å². The number of hydrogen-bond acceptors (Lipinski definition) is 3. The van der Waals surface area contributed by atoms with Gasteiger partial charge in [0.2, 0.25) is 5.91 Å². The van der Waals surface area contributed by atoms with E-state index in [-0.39, 0.29) is 12.1 Å². The lowest BCUT2D eigenvalue weighted by molar-refractivity contribution is -0.120. The number of benzene rings is 1. The molecule has 0 unspecified atom stereocenters. The summed E-state index contributed by atoms with van der Waals surface area (Å²) in [4.78, 5) is 22.9. The first kappa shape index (κ1) is 16.0. The average Bonchev–Trinajstić information content (AvgIpc) is 2.41. The standard InChI is InChI=1S/C13H16F2N2O3/c1-20-6-2-5-16-12(18)8-17-13(19)10-4-3-9(14)7-11(10)15/h3-4,7H,2,5-6,8H2,1H3,(H,16,18)(H,17,19). The lowest BCUT2D eigenvalue weighted by atomic mass is 10.2. The molecule has 1 rings (SSSR count). The Bertz CT molecular complexity index is 481. The topological polar surface area (TPSA) is 67.4 Å². The molecule has 0 fully saturated rings. The van der Waals surface area contributed by atoms with Crippen LogP contribution >= 0.6 is 0 Å². The molecular weight excluding hydrogens is 270 g/mol. The zero-order valence-electron chi connectivity index (χ0n) is 11.0. The fraction of sp³-hybridized carbons (Fsp3) is 0.385. The Labute approximate surface area is 115 Å². The molecular formula is C13H16F2N2O3. The van der Waals surface area contributed by atoms with E-state index in [2.05, 4.69) is 10.6 Å². The molecule has 0 bridgehead atoms. The quantitative estimate of drug-likeness (QED) is 0.730. The van der Waals surface area contributed by atoms with Crippen LogP contribution in [0.1, 0.15) is 16.8 Å². The van der Waals surface area contributed by atoms with Crippen molar-refractivity contribution in [2.75, 3.05) is 26.8 Å². The van der Waals surface area contributed by atoms with Crippen molar-refractivity contribution in [2.24, 2.45) is 0 Å². The zero-order chi connectivity index (χ0) is 15.0. The molecule has 0 aliphatic heterocycles. The van der Waals surface area contributed by atoms with E-state index >= 15 is 0 Å². The predicted octanol–water partition coefficient (Wildman–Crippen LogP) is 0.847. The van der Waals surface area contributed by atoms with Gasteiger partial charge in [-0.1, -0.05) is 0 Å². The number of nitrogens with one attached hydrogen (secondary N) is 2. The Morgan fingerprint density at radius 3 is 2.65 bits per heavy atom. The van der Waals surface area contributed by atoms with Crippen LogP contribution in [0.15, 0.2) is 18.2 Å². The molecule has 0 spiro atoms. The van der Waals surface area contributed by atoms with Crippen LogP contribution in [0.25, 0.3) is 0 Å². The van der Waals surface area contributed by atoms with Gasteiger partial charge in [-0.2, -0.15) is 0 Å². The summed E-state index contributed by atoms with van der Waals surface area (Å²) in [5, 5.41) is 4.82. The number of carbonyl (C=O) groups is 2. The van der Waals surface area contributed by atoms with Crippen molar-refractivity contribution in [2.45, 2.75) is 6.42 Å². The molecule has 0 atom stereocenters. The number of carbonyl (C=O) groups excluding carboxylic acids is 2. The highest BCUT2D eigenvalue weighted by atomic mass is 19.1. The summed E-state index contributed by atoms with van der Waals surface area (Å²) in [6, 6.07) is 2.61. The molecule has 20 heavy (non-hydrogen) atoms. The van der Waals surface area contributed by atoms with Gasteiger partial charge in [0.1, 0.15) is 11.6 Å². The minimum atomic E-state index is -0.969. The normalized spacial score (nSPS) is 10.2. The van der Waals surface area contributed by atoms with Gasteiger partial charge in [0.15, 0.2) is 0 Å². The maximum absolute atomic E-state index is 13.3. The molecule has 0 saturated carbocycles. The molecule has 0 aliphatic rings. The van der Waals surface area contributed by atoms with Gasteiger partial charge >= 0.3 is 0 Å². The highest BCUT2D eigenvalue weighted by Gasteiger charge is 2.13. The highest BCUT2D eigenvalue weighted by molar-refractivity contribution is 5.96. The SMILES string of the molecule is COCCCNC(=O)CNC(=O)c1ccc(F)cc1F. The van der Waals surface area contributed by atoms with Crippen molar-refractivity contribution in [1.29, 1.82) is 0 Å². The molecule has 5 nitrogen and oxygen atoms in total. The maximum Gasteiger partial charge on any atom is 0.254 e. The van der Waals surface area contributed by atoms with Crippen LogP contribution in [0, 0.1) is 11.6 Å². The Morgan fingerprint density at radius 2 is 2.00 bits per heavy atom. The zero-order valence-corrected chi connectivity index (χ0v) is 11.0. The van der Waals surface area contributed by atoms with Crippen LogP contribution in [-0.4, -0.2) is 38.6 Å². The monoisotopic (exact) mass is 286 g/mol. The molecule has 0 radical (unpaired) electrons. The average molecular weight is 286 g/mol. The first-order chi connectivity index (χ1) is 9.54. The molecule has 2 amide bonds. The summed E-state index contributed by atoms with van der Waals surface area (Å²) in [5.41, 5.74) is -0.307. The van der Waals surface area contributed by atoms with Crippen molar-refractivity contribution in [1.82, 2.24) is 10.6 Å². The van der Waals surface area contributed by atoms with Gasteiger partial charge < -0.3 is 15.4 Å². The third-order valence-corrected chi connectivity index (χ3v) is 2.43. The first-order valence-electron chi connectivity index (χ1n) is 6.03. The lowest BCUT2D eigenvalue weighted by Crippen LogP contribution is -2.37. The molecule has 0 aliphatic carbocycles. The number of ether oxygens (including phenoxy) is 1. The van der Waals surface area contributed by atoms with Gasteiger partial charge in [-0.3, -0.25) is 9.59 Å². The maximum atomic E-state index is 13.3. The second-order valence-corrected chi connectivity index (χ2v) is 4.00. The van der Waals surface area contributed by atoms with Gasteiger partial charge in [-0.15, -0.1) is 0 Å². The fourth-order valence-electron chi connectivity index (χ4n) is 1.44. The summed E-state index contributed by atoms with van der Waals surface area (Å²) in [7, 11) is 1.55. The minimum Gasteiger partial charge on any atom is -0.385 e. The van der Waals surface area contributed by atoms with E-state index in [1.165, 1.54) is 0 Å². The number of hydrogen-bond donors (Lipinski definition) is 2. The fourth-order valence-corrected chi connectivity index (χ4v) is 1.44. The van der Waals surface area contributed by atoms with Crippen LogP contribution in [0.5, 0.6) is 0 Å². The van der Waals surface area contributed by atoms with Crippen LogP contribution in [0.4, 0.5) is 8.78 Å². The van der Waals surface area contributed by atoms with Gasteiger partial charge in [0.05, 0.1) is 12.1 Å². The Hall–Kier alpha value is -2.02. The predicted molar refractivity (Wildman–Crippen MR) is 68.2 cm³/mol. The molecule has 2 N–H and O–H groups in total. The molecule has 1 aromatic rings. The molecule has 0 aromatic heterocycles. The van der Waals surface area contributed by atoms with Crippen molar-refractivity contribution in [3.05, 3.63) is 35.4 Å². The Morgan fingerprint density at radius 1 is 1.25 bits per heavy atom. The summed E-state index contributed by atoms with van der Waals surface area (Å²) in [5.74, 6) is -2.90. The number of methoxy groups -OCH3 is 1. The van der Waals surface area contributed by atoms with Gasteiger partial charge in [-0.25, -0.2) is 8.78 Å². The first-order valence-corrected chi connectivity index (χ1v) is 6.03. The van der Waals surface area contributed by atoms with Gasteiger partial charge in [-0.05, 0) is 18.6 Å². The third kappa shape index (κ3) is 5.31. The summed E-state index contributed by atoms with van der Waals surface area (Å²) in [6.45, 7) is 0.670. The lowest BCUT2D eigenvalue weighted by Gasteiger charge is -2.07. The van der Waals surface area contributed by atoms with E-state index in [0.717, 1.165) is 12.1 Å². The number of rotatable bonds is 7. The Balaban J connectivity index is 2.37. The molecule has 0 heterocycles. The van der Waals surface area contributed by atoms with E-state index in [1.807, 2.05) is 0 Å². The molecule has 7 heteroatoms. The van der Waals surface area contributed by atoms with Crippen molar-refractivity contribution >= 4 is 11.8 Å². The smallest absolute Gasteiger partial charge is 0.254 e. The van der Waals surface area contributed by atoms with Crippen LogP contribution in [-0.2, 0) is 9.53 Å². The third-order valence-electron chi connectivity index (χ3n) is 2.43. The van der Waals surface area contributed by atoms with E-state index in [9.17, 15) is 18.4 Å². The van der Waals surface area contributed by atoms with E-state index in [1.54, 1.807) is 7.11 Å². The Kier molecular flexibility index (Phi) is 6.58. The van der Waals surface area contributed by atoms with Crippen LogP contribution in [0.2, 0.25) is 0 Å². The van der Waals surface area contributed by atoms with E-state index < -0.39 is 23.4 Å². The van der Waals surface area contributed by atoms with Gasteiger partial charge in [0.25, 0.3) is 5.91 Å². The summed E-state index contributed by atoms with van der Waals surface area (Å²) >= 11 is 0. The number of halogens is 2. The molecule has 0 saturated heterocycles.